The number of aryl methyl sites for hydroxylation is 2. The fraction of sp³-hybridized carbons (Fsp3) is 0.273. The van der Waals surface area contributed by atoms with Gasteiger partial charge in [-0.25, -0.2) is 9.37 Å². The van der Waals surface area contributed by atoms with E-state index in [1.54, 1.807) is 6.07 Å². The molecule has 0 fully saturated rings. The van der Waals surface area contributed by atoms with E-state index in [2.05, 4.69) is 29.9 Å². The number of benzene rings is 2. The van der Waals surface area contributed by atoms with Crippen molar-refractivity contribution in [1.82, 2.24) is 9.97 Å². The minimum absolute atomic E-state index is 0.233. The van der Waals surface area contributed by atoms with Crippen LogP contribution in [0.15, 0.2) is 53.7 Å². The van der Waals surface area contributed by atoms with E-state index in [0.29, 0.717) is 16.8 Å². The van der Waals surface area contributed by atoms with Gasteiger partial charge in [-0.15, -0.1) is 0 Å². The molecule has 1 heterocycles. The third-order valence-electron chi connectivity index (χ3n) is 3.97. The van der Waals surface area contributed by atoms with Crippen molar-refractivity contribution in [2.45, 2.75) is 44.5 Å². The Bertz CT molecular complexity index is 923. The largest absolute Gasteiger partial charge is 0.439 e. The summed E-state index contributed by atoms with van der Waals surface area (Å²) in [4.78, 5) is 9.17. The van der Waals surface area contributed by atoms with E-state index >= 15 is 0 Å². The molecule has 0 atom stereocenters. The summed E-state index contributed by atoms with van der Waals surface area (Å²) in [5, 5.41) is 0.629. The van der Waals surface area contributed by atoms with Crippen LogP contribution in [0.1, 0.15) is 42.1 Å². The molecule has 140 valence electrons. The van der Waals surface area contributed by atoms with Crippen molar-refractivity contribution < 1.29 is 9.13 Å². The second-order valence-electron chi connectivity index (χ2n) is 6.91. The molecule has 0 radical (unpaired) electrons. The fourth-order valence-electron chi connectivity index (χ4n) is 2.72. The molecule has 1 aromatic heterocycles. The van der Waals surface area contributed by atoms with Crippen molar-refractivity contribution in [3.8, 4) is 11.6 Å². The maximum atomic E-state index is 13.4. The Labute approximate surface area is 164 Å². The number of ether oxygens (including phenoxy) is 1. The quantitative estimate of drug-likeness (QED) is 0.363. The van der Waals surface area contributed by atoms with Crippen LogP contribution in [0.25, 0.3) is 0 Å². The average molecular weight is 383 g/mol. The second kappa shape index (κ2) is 8.53. The highest BCUT2D eigenvalue weighted by Gasteiger charge is 2.11. The summed E-state index contributed by atoms with van der Waals surface area (Å²) in [6.45, 7) is 8.26. The van der Waals surface area contributed by atoms with Crippen molar-refractivity contribution >= 4 is 11.8 Å². The normalized spacial score (nSPS) is 11.0. The van der Waals surface area contributed by atoms with Gasteiger partial charge in [0, 0.05) is 11.8 Å². The molecule has 0 saturated heterocycles. The van der Waals surface area contributed by atoms with Crippen LogP contribution in [0.3, 0.4) is 0 Å². The van der Waals surface area contributed by atoms with Crippen LogP contribution < -0.4 is 4.74 Å². The predicted octanol–water partition coefficient (Wildman–Crippen LogP) is 6.44. The van der Waals surface area contributed by atoms with Gasteiger partial charge in [-0.2, -0.15) is 4.98 Å². The molecule has 0 aliphatic heterocycles. The molecule has 3 nitrogen and oxygen atoms in total. The summed E-state index contributed by atoms with van der Waals surface area (Å²) in [7, 11) is 0. The molecular formula is C22H23FN2OS. The highest BCUT2D eigenvalue weighted by atomic mass is 32.2. The Morgan fingerprint density at radius 2 is 1.74 bits per heavy atom. The van der Waals surface area contributed by atoms with E-state index in [0.717, 1.165) is 28.1 Å². The van der Waals surface area contributed by atoms with Gasteiger partial charge in [-0.05, 0) is 60.7 Å². The molecule has 3 aromatic rings. The number of thioether (sulfide) groups is 1. The molecule has 3 rings (SSSR count). The van der Waals surface area contributed by atoms with Gasteiger partial charge in [0.15, 0.2) is 5.16 Å². The highest BCUT2D eigenvalue weighted by molar-refractivity contribution is 7.98. The summed E-state index contributed by atoms with van der Waals surface area (Å²) in [5.41, 5.74) is 4.11. The molecule has 0 aliphatic rings. The molecular weight excluding hydrogens is 359 g/mol. The Balaban J connectivity index is 1.83. The van der Waals surface area contributed by atoms with E-state index in [4.69, 9.17) is 4.74 Å². The maximum Gasteiger partial charge on any atom is 0.223 e. The average Bonchev–Trinajstić information content (AvgIpc) is 2.59. The number of halogens is 1. The number of rotatable bonds is 6. The van der Waals surface area contributed by atoms with Gasteiger partial charge < -0.3 is 4.74 Å². The Hall–Kier alpha value is -2.40. The Morgan fingerprint density at radius 1 is 1.00 bits per heavy atom. The van der Waals surface area contributed by atoms with Crippen molar-refractivity contribution in [3.05, 3.63) is 76.7 Å². The van der Waals surface area contributed by atoms with Gasteiger partial charge in [0.25, 0.3) is 0 Å². The lowest BCUT2D eigenvalue weighted by Crippen LogP contribution is -2.00. The predicted molar refractivity (Wildman–Crippen MR) is 108 cm³/mol. The van der Waals surface area contributed by atoms with Crippen LogP contribution in [0, 0.1) is 19.7 Å². The molecule has 0 N–H and O–H groups in total. The summed E-state index contributed by atoms with van der Waals surface area (Å²) in [5.74, 6) is 1.91. The number of nitrogens with zero attached hydrogens (tertiary/aromatic N) is 2. The summed E-state index contributed by atoms with van der Waals surface area (Å²) >= 11 is 1.48. The lowest BCUT2D eigenvalue weighted by atomic mass is 10.1. The van der Waals surface area contributed by atoms with Crippen LogP contribution >= 0.6 is 11.8 Å². The highest BCUT2D eigenvalue weighted by Crippen LogP contribution is 2.28. The van der Waals surface area contributed by atoms with Crippen LogP contribution in [0.4, 0.5) is 4.39 Å². The van der Waals surface area contributed by atoms with Gasteiger partial charge in [-0.3, -0.25) is 0 Å². The van der Waals surface area contributed by atoms with Crippen molar-refractivity contribution in [1.29, 1.82) is 0 Å². The van der Waals surface area contributed by atoms with E-state index in [-0.39, 0.29) is 11.7 Å². The minimum atomic E-state index is -0.233. The van der Waals surface area contributed by atoms with Gasteiger partial charge in [0.2, 0.25) is 5.88 Å². The zero-order chi connectivity index (χ0) is 19.4. The fourth-order valence-corrected chi connectivity index (χ4v) is 3.52. The standard InChI is InChI=1S/C22H23FN2OS/c1-14(2)20-12-21(26-19-9-15(3)8-16(4)10-19)25-22(24-20)27-13-17-6-5-7-18(23)11-17/h5-12,14H,13H2,1-4H3. The molecule has 0 unspecified atom stereocenters. The number of hydrogen-bond donors (Lipinski definition) is 0. The van der Waals surface area contributed by atoms with E-state index in [1.807, 2.05) is 38.1 Å². The van der Waals surface area contributed by atoms with Crippen molar-refractivity contribution in [3.63, 3.8) is 0 Å². The lowest BCUT2D eigenvalue weighted by molar-refractivity contribution is 0.452. The van der Waals surface area contributed by atoms with E-state index < -0.39 is 0 Å². The summed E-state index contributed by atoms with van der Waals surface area (Å²) in [6.07, 6.45) is 0. The molecule has 5 heteroatoms. The number of hydrogen-bond acceptors (Lipinski definition) is 4. The molecule has 0 bridgehead atoms. The van der Waals surface area contributed by atoms with E-state index in [1.165, 1.54) is 23.9 Å². The van der Waals surface area contributed by atoms with Gasteiger partial charge >= 0.3 is 0 Å². The Morgan fingerprint density at radius 3 is 2.41 bits per heavy atom. The first-order valence-electron chi connectivity index (χ1n) is 8.91. The van der Waals surface area contributed by atoms with Crippen LogP contribution in [-0.2, 0) is 5.75 Å². The first-order chi connectivity index (χ1) is 12.9. The summed E-state index contributed by atoms with van der Waals surface area (Å²) in [6, 6.07) is 14.6. The van der Waals surface area contributed by atoms with Crippen LogP contribution in [0.5, 0.6) is 11.6 Å². The molecule has 2 aromatic carbocycles. The number of aromatic nitrogens is 2. The zero-order valence-corrected chi connectivity index (χ0v) is 16.8. The molecule has 0 spiro atoms. The van der Waals surface area contributed by atoms with Gasteiger partial charge in [-0.1, -0.05) is 43.8 Å². The topological polar surface area (TPSA) is 35.0 Å². The Kier molecular flexibility index (Phi) is 6.11. The summed E-state index contributed by atoms with van der Waals surface area (Å²) < 4.78 is 19.4. The monoisotopic (exact) mass is 382 g/mol. The van der Waals surface area contributed by atoms with Crippen molar-refractivity contribution in [2.24, 2.45) is 0 Å². The third-order valence-corrected chi connectivity index (χ3v) is 4.89. The minimum Gasteiger partial charge on any atom is -0.439 e. The molecule has 0 aliphatic carbocycles. The van der Waals surface area contributed by atoms with E-state index in [9.17, 15) is 4.39 Å². The SMILES string of the molecule is Cc1cc(C)cc(Oc2cc(C(C)C)nc(SCc3cccc(F)c3)n2)c1. The first-order valence-corrected chi connectivity index (χ1v) is 9.90. The zero-order valence-electron chi connectivity index (χ0n) is 16.0. The smallest absolute Gasteiger partial charge is 0.223 e. The van der Waals surface area contributed by atoms with Gasteiger partial charge in [0.1, 0.15) is 11.6 Å². The maximum absolute atomic E-state index is 13.4. The van der Waals surface area contributed by atoms with Gasteiger partial charge in [0.05, 0.1) is 5.69 Å². The first kappa shape index (κ1) is 19.4. The third kappa shape index (κ3) is 5.54. The molecule has 0 saturated carbocycles. The van der Waals surface area contributed by atoms with Crippen LogP contribution in [-0.4, -0.2) is 9.97 Å². The molecule has 27 heavy (non-hydrogen) atoms. The lowest BCUT2D eigenvalue weighted by Gasteiger charge is -2.12. The molecule has 0 amide bonds. The van der Waals surface area contributed by atoms with Crippen molar-refractivity contribution in [2.75, 3.05) is 0 Å². The van der Waals surface area contributed by atoms with Crippen LogP contribution in [0.2, 0.25) is 0 Å². The second-order valence-corrected chi connectivity index (χ2v) is 7.85.